The molecular weight excluding hydrogens is 136 g/mol. The molecule has 5 heteroatoms. The summed E-state index contributed by atoms with van der Waals surface area (Å²) in [6, 6.07) is 0. The van der Waals surface area contributed by atoms with Crippen molar-refractivity contribution in [1.29, 1.82) is 0 Å². The van der Waals surface area contributed by atoms with E-state index in [0.29, 0.717) is 0 Å². The molecule has 10 heavy (non-hydrogen) atoms. The van der Waals surface area contributed by atoms with Crippen LogP contribution in [0.1, 0.15) is 6.92 Å². The van der Waals surface area contributed by atoms with Gasteiger partial charge in [0.15, 0.2) is 5.54 Å². The molecule has 0 unspecified atom stereocenters. The van der Waals surface area contributed by atoms with Crippen LogP contribution in [0.15, 0.2) is 0 Å². The lowest BCUT2D eigenvalue weighted by atomic mass is 10.0. The number of hydrogen-bond acceptors (Lipinski definition) is 3. The number of carboxylic acid groups (broad SMARTS) is 1. The zero-order chi connectivity index (χ0) is 8.36. The lowest BCUT2D eigenvalue weighted by Gasteiger charge is -2.15. The predicted molar refractivity (Wildman–Crippen MR) is 34.3 cm³/mol. The molecule has 0 aliphatic heterocycles. The third kappa shape index (κ3) is 1.44. The minimum Gasteiger partial charge on any atom is -0.479 e. The first-order valence-electron chi connectivity index (χ1n) is 2.67. The van der Waals surface area contributed by atoms with Crippen LogP contribution in [-0.4, -0.2) is 29.6 Å². The number of likely N-dealkylation sites (N-methyl/N-ethyl adjacent to an activating group) is 1. The molecule has 0 heterocycles. The number of hydrogen-bond donors (Lipinski definition) is 3. The van der Waals surface area contributed by atoms with Gasteiger partial charge < -0.3 is 16.2 Å². The summed E-state index contributed by atoms with van der Waals surface area (Å²) in [6.45, 7) is 1.13. The molecule has 0 spiro atoms. The van der Waals surface area contributed by atoms with E-state index in [4.69, 9.17) is 10.8 Å². The largest absolute Gasteiger partial charge is 0.479 e. The van der Waals surface area contributed by atoms with E-state index >= 15 is 0 Å². The topological polar surface area (TPSA) is 92.4 Å². The van der Waals surface area contributed by atoms with Crippen molar-refractivity contribution < 1.29 is 14.7 Å². The molecule has 0 saturated carbocycles. The molecule has 58 valence electrons. The predicted octanol–water partition coefficient (Wildman–Crippen LogP) is -1.47. The Labute approximate surface area is 58.2 Å². The van der Waals surface area contributed by atoms with E-state index in [9.17, 15) is 9.59 Å². The highest BCUT2D eigenvalue weighted by Gasteiger charge is 2.35. The molecule has 1 atom stereocenters. The zero-order valence-corrected chi connectivity index (χ0v) is 5.84. The number of nitrogens with one attached hydrogen (secondary N) is 1. The van der Waals surface area contributed by atoms with Crippen LogP contribution in [0.3, 0.4) is 0 Å². The van der Waals surface area contributed by atoms with Crippen LogP contribution in [0.2, 0.25) is 0 Å². The van der Waals surface area contributed by atoms with E-state index in [1.807, 2.05) is 0 Å². The lowest BCUT2D eigenvalue weighted by Crippen LogP contribution is -2.56. The fourth-order valence-electron chi connectivity index (χ4n) is 0.357. The van der Waals surface area contributed by atoms with E-state index in [-0.39, 0.29) is 0 Å². The Morgan fingerprint density at radius 2 is 2.00 bits per heavy atom. The maximum Gasteiger partial charge on any atom is 0.333 e. The number of carbonyl (C=O) groups is 2. The van der Waals surface area contributed by atoms with Crippen molar-refractivity contribution in [3.63, 3.8) is 0 Å². The molecule has 0 bridgehead atoms. The third-order valence-corrected chi connectivity index (χ3v) is 1.14. The van der Waals surface area contributed by atoms with Gasteiger partial charge in [-0.3, -0.25) is 4.79 Å². The van der Waals surface area contributed by atoms with Crippen LogP contribution < -0.4 is 11.1 Å². The summed E-state index contributed by atoms with van der Waals surface area (Å²) in [4.78, 5) is 20.9. The first-order valence-corrected chi connectivity index (χ1v) is 2.67. The van der Waals surface area contributed by atoms with Gasteiger partial charge in [0, 0.05) is 7.05 Å². The first-order chi connectivity index (χ1) is 4.42. The van der Waals surface area contributed by atoms with Gasteiger partial charge in [0.2, 0.25) is 0 Å². The first kappa shape index (κ1) is 8.90. The second kappa shape index (κ2) is 2.66. The van der Waals surface area contributed by atoms with Gasteiger partial charge in [-0.05, 0) is 6.92 Å². The summed E-state index contributed by atoms with van der Waals surface area (Å²) in [5.74, 6) is -2.05. The molecule has 0 aliphatic carbocycles. The highest BCUT2D eigenvalue weighted by Crippen LogP contribution is 1.97. The summed E-state index contributed by atoms with van der Waals surface area (Å²) < 4.78 is 0. The standard InChI is InChI=1S/C5H10N2O3/c1-5(6,4(9)10)3(8)7-2/h6H2,1-2H3,(H,7,8)(H,9,10)/t5-/m1/s1. The monoisotopic (exact) mass is 146 g/mol. The van der Waals surface area contributed by atoms with Crippen molar-refractivity contribution in [2.24, 2.45) is 5.73 Å². The lowest BCUT2D eigenvalue weighted by molar-refractivity contribution is -0.147. The van der Waals surface area contributed by atoms with Gasteiger partial charge >= 0.3 is 5.97 Å². The third-order valence-electron chi connectivity index (χ3n) is 1.14. The van der Waals surface area contributed by atoms with Crippen LogP contribution in [-0.2, 0) is 9.59 Å². The molecule has 0 saturated heterocycles. The summed E-state index contributed by atoms with van der Waals surface area (Å²) in [5.41, 5.74) is 3.28. The molecule has 0 radical (unpaired) electrons. The van der Waals surface area contributed by atoms with E-state index in [1.165, 1.54) is 7.05 Å². The quantitative estimate of drug-likeness (QED) is 0.415. The highest BCUT2D eigenvalue weighted by molar-refractivity contribution is 6.05. The molecule has 0 aromatic heterocycles. The zero-order valence-electron chi connectivity index (χ0n) is 5.84. The van der Waals surface area contributed by atoms with Crippen molar-refractivity contribution >= 4 is 11.9 Å². The van der Waals surface area contributed by atoms with Gasteiger partial charge in [0.05, 0.1) is 0 Å². The maximum absolute atomic E-state index is 10.7. The van der Waals surface area contributed by atoms with Crippen LogP contribution in [0.4, 0.5) is 0 Å². The summed E-state index contributed by atoms with van der Waals surface area (Å²) in [7, 11) is 1.33. The number of carboxylic acids is 1. The van der Waals surface area contributed by atoms with Crippen molar-refractivity contribution in [3.05, 3.63) is 0 Å². The molecule has 0 aromatic rings. The Morgan fingerprint density at radius 3 is 2.10 bits per heavy atom. The van der Waals surface area contributed by atoms with Gasteiger partial charge in [-0.2, -0.15) is 0 Å². The molecule has 4 N–H and O–H groups in total. The van der Waals surface area contributed by atoms with Crippen molar-refractivity contribution in [2.45, 2.75) is 12.5 Å². The van der Waals surface area contributed by atoms with Crippen LogP contribution >= 0.6 is 0 Å². The molecule has 0 rings (SSSR count). The van der Waals surface area contributed by atoms with Gasteiger partial charge in [0.25, 0.3) is 5.91 Å². The normalized spacial score (nSPS) is 15.5. The Kier molecular flexibility index (Phi) is 2.36. The van der Waals surface area contributed by atoms with Crippen molar-refractivity contribution in [2.75, 3.05) is 7.05 Å². The molecular formula is C5H10N2O3. The SMILES string of the molecule is CNC(=O)[C@@](C)(N)C(=O)O. The number of amides is 1. The minimum atomic E-state index is -1.82. The molecule has 0 aliphatic rings. The van der Waals surface area contributed by atoms with E-state index in [1.54, 1.807) is 0 Å². The maximum atomic E-state index is 10.7. The van der Waals surface area contributed by atoms with E-state index in [2.05, 4.69) is 5.32 Å². The summed E-state index contributed by atoms with van der Waals surface area (Å²) >= 11 is 0. The molecule has 0 aromatic carbocycles. The number of carbonyl (C=O) groups excluding carboxylic acids is 1. The smallest absolute Gasteiger partial charge is 0.333 e. The van der Waals surface area contributed by atoms with Gasteiger partial charge in [-0.25, -0.2) is 4.79 Å². The average Bonchev–Trinajstić information content (AvgIpc) is 1.86. The van der Waals surface area contributed by atoms with Crippen molar-refractivity contribution in [1.82, 2.24) is 5.32 Å². The van der Waals surface area contributed by atoms with Gasteiger partial charge in [0.1, 0.15) is 0 Å². The molecule has 5 nitrogen and oxygen atoms in total. The van der Waals surface area contributed by atoms with Crippen LogP contribution in [0, 0.1) is 0 Å². The second-order valence-corrected chi connectivity index (χ2v) is 2.09. The minimum absolute atomic E-state index is 0.708. The van der Waals surface area contributed by atoms with E-state index in [0.717, 1.165) is 6.92 Å². The summed E-state index contributed by atoms with van der Waals surface area (Å²) in [5, 5.41) is 10.5. The van der Waals surface area contributed by atoms with E-state index < -0.39 is 17.4 Å². The number of aliphatic carboxylic acids is 1. The Morgan fingerprint density at radius 1 is 1.60 bits per heavy atom. The fraction of sp³-hybridized carbons (Fsp3) is 0.600. The number of nitrogens with two attached hydrogens (primary N) is 1. The van der Waals surface area contributed by atoms with Gasteiger partial charge in [-0.1, -0.05) is 0 Å². The van der Waals surface area contributed by atoms with Crippen LogP contribution in [0.5, 0.6) is 0 Å². The number of rotatable bonds is 2. The molecule has 0 fully saturated rings. The fourth-order valence-corrected chi connectivity index (χ4v) is 0.357. The molecule has 1 amide bonds. The highest BCUT2D eigenvalue weighted by atomic mass is 16.4. The Hall–Kier alpha value is -1.10. The second-order valence-electron chi connectivity index (χ2n) is 2.09. The van der Waals surface area contributed by atoms with Crippen molar-refractivity contribution in [3.8, 4) is 0 Å². The van der Waals surface area contributed by atoms with Gasteiger partial charge in [-0.15, -0.1) is 0 Å². The summed E-state index contributed by atoms with van der Waals surface area (Å²) in [6.07, 6.45) is 0. The van der Waals surface area contributed by atoms with Crippen LogP contribution in [0.25, 0.3) is 0 Å². The average molecular weight is 146 g/mol. The Bertz CT molecular complexity index is 164. The Balaban J connectivity index is 4.40.